The van der Waals surface area contributed by atoms with E-state index >= 15 is 0 Å². The fourth-order valence-corrected chi connectivity index (χ4v) is 4.00. The SMILES string of the molecule is COc1cc(-c2cnc3[nH]cc(-c4ccccc4)c3n2)cc2c1CCN(C)C2. The predicted molar refractivity (Wildman–Crippen MR) is 111 cm³/mol. The highest BCUT2D eigenvalue weighted by atomic mass is 16.5. The molecular formula is C23H22N4O. The normalized spacial score (nSPS) is 14.2. The standard InChI is InChI=1S/C23H22N4O/c1-27-9-8-18-17(14-27)10-16(11-21(18)28-2)20-13-25-23-22(26-20)19(12-24-23)15-6-4-3-5-7-15/h3-7,10-13H,8-9,14H2,1-2H3,(H,24,25). The van der Waals surface area contributed by atoms with Crippen molar-refractivity contribution in [2.24, 2.45) is 0 Å². The summed E-state index contributed by atoms with van der Waals surface area (Å²) in [5.41, 5.74) is 8.40. The summed E-state index contributed by atoms with van der Waals surface area (Å²) in [6.45, 7) is 1.98. The number of rotatable bonds is 3. The van der Waals surface area contributed by atoms with Gasteiger partial charge in [-0.3, -0.25) is 0 Å². The van der Waals surface area contributed by atoms with Crippen LogP contribution in [0.4, 0.5) is 0 Å². The maximum Gasteiger partial charge on any atom is 0.156 e. The van der Waals surface area contributed by atoms with Gasteiger partial charge in [-0.15, -0.1) is 0 Å². The first-order valence-electron chi connectivity index (χ1n) is 9.51. The summed E-state index contributed by atoms with van der Waals surface area (Å²) in [4.78, 5) is 15.2. The fourth-order valence-electron chi connectivity index (χ4n) is 4.00. The van der Waals surface area contributed by atoms with E-state index in [1.807, 2.05) is 30.6 Å². The zero-order valence-electron chi connectivity index (χ0n) is 16.1. The Kier molecular flexibility index (Phi) is 4.10. The maximum atomic E-state index is 5.70. The van der Waals surface area contributed by atoms with E-state index in [1.54, 1.807) is 7.11 Å². The lowest BCUT2D eigenvalue weighted by Gasteiger charge is -2.27. The Balaban J connectivity index is 1.65. The van der Waals surface area contributed by atoms with Gasteiger partial charge in [0.05, 0.1) is 19.0 Å². The first-order valence-corrected chi connectivity index (χ1v) is 9.51. The van der Waals surface area contributed by atoms with Crippen molar-refractivity contribution in [1.29, 1.82) is 0 Å². The molecule has 0 saturated heterocycles. The number of aromatic nitrogens is 3. The Bertz CT molecular complexity index is 1150. The number of nitrogens with one attached hydrogen (secondary N) is 1. The molecule has 5 heteroatoms. The van der Waals surface area contributed by atoms with Crippen LogP contribution in [0.5, 0.6) is 5.75 Å². The molecule has 1 aliphatic rings. The van der Waals surface area contributed by atoms with Crippen LogP contribution in [-0.4, -0.2) is 40.6 Å². The third kappa shape index (κ3) is 2.84. The summed E-state index contributed by atoms with van der Waals surface area (Å²) in [6.07, 6.45) is 4.82. The number of ether oxygens (including phenoxy) is 1. The molecule has 28 heavy (non-hydrogen) atoms. The van der Waals surface area contributed by atoms with Crippen molar-refractivity contribution in [2.45, 2.75) is 13.0 Å². The Labute approximate surface area is 164 Å². The van der Waals surface area contributed by atoms with Crippen molar-refractivity contribution in [1.82, 2.24) is 19.9 Å². The maximum absolute atomic E-state index is 5.70. The molecule has 3 heterocycles. The van der Waals surface area contributed by atoms with Gasteiger partial charge in [0.2, 0.25) is 0 Å². The number of fused-ring (bicyclic) bond motifs is 2. The van der Waals surface area contributed by atoms with E-state index in [0.717, 1.165) is 58.8 Å². The van der Waals surface area contributed by atoms with Crippen LogP contribution in [-0.2, 0) is 13.0 Å². The molecule has 0 radical (unpaired) electrons. The highest BCUT2D eigenvalue weighted by Gasteiger charge is 2.19. The van der Waals surface area contributed by atoms with Crippen LogP contribution >= 0.6 is 0 Å². The number of benzene rings is 2. The number of hydrogen-bond donors (Lipinski definition) is 1. The van der Waals surface area contributed by atoms with E-state index in [0.29, 0.717) is 0 Å². The Morgan fingerprint density at radius 2 is 1.96 bits per heavy atom. The van der Waals surface area contributed by atoms with Crippen molar-refractivity contribution >= 4 is 11.2 Å². The van der Waals surface area contributed by atoms with Crippen LogP contribution in [0, 0.1) is 0 Å². The molecule has 0 fully saturated rings. The second kappa shape index (κ2) is 6.77. The van der Waals surface area contributed by atoms with E-state index in [2.05, 4.69) is 46.2 Å². The number of methoxy groups -OCH3 is 1. The molecular weight excluding hydrogens is 348 g/mol. The number of likely N-dealkylation sites (N-methyl/N-ethyl adjacent to an activating group) is 1. The molecule has 0 atom stereocenters. The van der Waals surface area contributed by atoms with Crippen molar-refractivity contribution in [3.63, 3.8) is 0 Å². The lowest BCUT2D eigenvalue weighted by Crippen LogP contribution is -2.26. The highest BCUT2D eigenvalue weighted by Crippen LogP contribution is 2.34. The fraction of sp³-hybridized carbons (Fsp3) is 0.217. The smallest absolute Gasteiger partial charge is 0.156 e. The third-order valence-corrected chi connectivity index (χ3v) is 5.47. The van der Waals surface area contributed by atoms with Gasteiger partial charge in [-0.25, -0.2) is 9.97 Å². The highest BCUT2D eigenvalue weighted by molar-refractivity contribution is 5.91. The Morgan fingerprint density at radius 1 is 1.11 bits per heavy atom. The molecule has 0 unspecified atom stereocenters. The zero-order valence-corrected chi connectivity index (χ0v) is 16.1. The second-order valence-electron chi connectivity index (χ2n) is 7.32. The lowest BCUT2D eigenvalue weighted by molar-refractivity contribution is 0.306. The zero-order chi connectivity index (χ0) is 19.1. The molecule has 0 spiro atoms. The van der Waals surface area contributed by atoms with Crippen LogP contribution in [0.25, 0.3) is 33.5 Å². The summed E-state index contributed by atoms with van der Waals surface area (Å²) in [6, 6.07) is 14.6. The monoisotopic (exact) mass is 370 g/mol. The number of hydrogen-bond acceptors (Lipinski definition) is 4. The van der Waals surface area contributed by atoms with Crippen molar-refractivity contribution < 1.29 is 4.74 Å². The Hall–Kier alpha value is -3.18. The quantitative estimate of drug-likeness (QED) is 0.585. The average molecular weight is 370 g/mol. The average Bonchev–Trinajstić information content (AvgIpc) is 3.16. The summed E-state index contributed by atoms with van der Waals surface area (Å²) in [7, 11) is 3.89. The second-order valence-corrected chi connectivity index (χ2v) is 7.32. The molecule has 1 aliphatic heterocycles. The van der Waals surface area contributed by atoms with Gasteiger partial charge in [0.15, 0.2) is 5.65 Å². The summed E-state index contributed by atoms with van der Waals surface area (Å²) >= 11 is 0. The van der Waals surface area contributed by atoms with Gasteiger partial charge < -0.3 is 14.6 Å². The van der Waals surface area contributed by atoms with Crippen molar-refractivity contribution in [3.05, 3.63) is 66.0 Å². The summed E-state index contributed by atoms with van der Waals surface area (Å²) < 4.78 is 5.70. The lowest BCUT2D eigenvalue weighted by atomic mass is 9.95. The minimum atomic E-state index is 0.798. The van der Waals surface area contributed by atoms with E-state index < -0.39 is 0 Å². The minimum absolute atomic E-state index is 0.798. The van der Waals surface area contributed by atoms with Gasteiger partial charge in [0, 0.05) is 30.4 Å². The molecule has 2 aromatic heterocycles. The van der Waals surface area contributed by atoms with Crippen LogP contribution in [0.1, 0.15) is 11.1 Å². The predicted octanol–water partition coefficient (Wildman–Crippen LogP) is 4.29. The third-order valence-electron chi connectivity index (χ3n) is 5.47. The number of nitrogens with zero attached hydrogens (tertiary/aromatic N) is 3. The van der Waals surface area contributed by atoms with Crippen LogP contribution in [0.2, 0.25) is 0 Å². The molecule has 5 nitrogen and oxygen atoms in total. The molecule has 0 bridgehead atoms. The van der Waals surface area contributed by atoms with Crippen LogP contribution < -0.4 is 4.74 Å². The molecule has 2 aromatic carbocycles. The van der Waals surface area contributed by atoms with Crippen LogP contribution in [0.3, 0.4) is 0 Å². The van der Waals surface area contributed by atoms with Crippen molar-refractivity contribution in [3.8, 4) is 28.1 Å². The van der Waals surface area contributed by atoms with Gasteiger partial charge in [-0.1, -0.05) is 30.3 Å². The van der Waals surface area contributed by atoms with E-state index in [9.17, 15) is 0 Å². The summed E-state index contributed by atoms with van der Waals surface area (Å²) in [5, 5.41) is 0. The molecule has 0 aliphatic carbocycles. The minimum Gasteiger partial charge on any atom is -0.496 e. The largest absolute Gasteiger partial charge is 0.496 e. The van der Waals surface area contributed by atoms with Gasteiger partial charge in [-0.05, 0) is 42.3 Å². The first kappa shape index (κ1) is 17.0. The first-order chi connectivity index (χ1) is 13.7. The van der Waals surface area contributed by atoms with E-state index in [-0.39, 0.29) is 0 Å². The molecule has 1 N–H and O–H groups in total. The van der Waals surface area contributed by atoms with Gasteiger partial charge in [-0.2, -0.15) is 0 Å². The van der Waals surface area contributed by atoms with E-state index in [4.69, 9.17) is 9.72 Å². The Morgan fingerprint density at radius 3 is 2.79 bits per heavy atom. The topological polar surface area (TPSA) is 54.0 Å². The molecule has 5 rings (SSSR count). The van der Waals surface area contributed by atoms with Gasteiger partial charge in [0.1, 0.15) is 11.3 Å². The van der Waals surface area contributed by atoms with Gasteiger partial charge >= 0.3 is 0 Å². The number of H-pyrrole nitrogens is 1. The molecule has 4 aromatic rings. The number of aromatic amines is 1. The molecule has 0 saturated carbocycles. The van der Waals surface area contributed by atoms with Crippen LogP contribution in [0.15, 0.2) is 54.9 Å². The van der Waals surface area contributed by atoms with Gasteiger partial charge in [0.25, 0.3) is 0 Å². The van der Waals surface area contributed by atoms with Crippen molar-refractivity contribution in [2.75, 3.05) is 20.7 Å². The molecule has 0 amide bonds. The summed E-state index contributed by atoms with van der Waals surface area (Å²) in [5.74, 6) is 0.944. The van der Waals surface area contributed by atoms with E-state index in [1.165, 1.54) is 11.1 Å². The molecule has 140 valence electrons.